The van der Waals surface area contributed by atoms with Crippen LogP contribution in [0.15, 0.2) is 12.4 Å². The summed E-state index contributed by atoms with van der Waals surface area (Å²) in [6.07, 6.45) is 3.99. The molecular formula is C10H13N3O2. The van der Waals surface area contributed by atoms with Crippen LogP contribution in [0.5, 0.6) is 0 Å². The van der Waals surface area contributed by atoms with Gasteiger partial charge in [-0.15, -0.1) is 0 Å². The number of aromatic nitrogens is 2. The number of carboxylic acid groups (broad SMARTS) is 1. The summed E-state index contributed by atoms with van der Waals surface area (Å²) in [5, 5.41) is 8.67. The van der Waals surface area contributed by atoms with Gasteiger partial charge in [0.05, 0.1) is 12.4 Å². The number of nitrogens with zero attached hydrogens (tertiary/aromatic N) is 3. The van der Waals surface area contributed by atoms with E-state index in [0.717, 1.165) is 25.3 Å². The Morgan fingerprint density at radius 2 is 2.33 bits per heavy atom. The predicted molar refractivity (Wildman–Crippen MR) is 55.0 cm³/mol. The van der Waals surface area contributed by atoms with Crippen LogP contribution in [0.1, 0.15) is 23.8 Å². The van der Waals surface area contributed by atoms with E-state index in [2.05, 4.69) is 21.8 Å². The van der Waals surface area contributed by atoms with Crippen molar-refractivity contribution in [1.29, 1.82) is 0 Å². The summed E-state index contributed by atoms with van der Waals surface area (Å²) in [5.74, 6) is 0.402. The van der Waals surface area contributed by atoms with Gasteiger partial charge in [0, 0.05) is 13.1 Å². The monoisotopic (exact) mass is 207 g/mol. The van der Waals surface area contributed by atoms with Crippen LogP contribution in [-0.4, -0.2) is 34.1 Å². The van der Waals surface area contributed by atoms with E-state index in [0.29, 0.717) is 5.92 Å². The third kappa shape index (κ3) is 2.06. The van der Waals surface area contributed by atoms with Crippen LogP contribution in [0.25, 0.3) is 0 Å². The molecule has 0 aromatic carbocycles. The quantitative estimate of drug-likeness (QED) is 0.784. The van der Waals surface area contributed by atoms with Gasteiger partial charge in [0.15, 0.2) is 5.69 Å². The minimum absolute atomic E-state index is 0.00834. The van der Waals surface area contributed by atoms with Gasteiger partial charge < -0.3 is 10.0 Å². The molecule has 15 heavy (non-hydrogen) atoms. The van der Waals surface area contributed by atoms with Gasteiger partial charge in [0.1, 0.15) is 5.82 Å². The lowest BCUT2D eigenvalue weighted by Crippen LogP contribution is -2.20. The zero-order valence-electron chi connectivity index (χ0n) is 8.55. The Balaban J connectivity index is 2.13. The van der Waals surface area contributed by atoms with E-state index in [1.165, 1.54) is 12.4 Å². The summed E-state index contributed by atoms with van der Waals surface area (Å²) in [7, 11) is 0. The highest BCUT2D eigenvalue weighted by atomic mass is 16.4. The number of anilines is 1. The summed E-state index contributed by atoms with van der Waals surface area (Å²) in [5.41, 5.74) is -0.00834. The van der Waals surface area contributed by atoms with Crippen molar-refractivity contribution >= 4 is 11.8 Å². The lowest BCUT2D eigenvalue weighted by Gasteiger charge is -2.15. The maximum absolute atomic E-state index is 10.6. The van der Waals surface area contributed by atoms with Crippen LogP contribution in [0.2, 0.25) is 0 Å². The Hall–Kier alpha value is -1.65. The first-order valence-electron chi connectivity index (χ1n) is 4.97. The highest BCUT2D eigenvalue weighted by Crippen LogP contribution is 2.20. The molecule has 0 amide bonds. The van der Waals surface area contributed by atoms with Gasteiger partial charge in [-0.25, -0.2) is 14.8 Å². The molecule has 2 rings (SSSR count). The second-order valence-electron chi connectivity index (χ2n) is 3.90. The number of carbonyl (C=O) groups is 1. The van der Waals surface area contributed by atoms with Gasteiger partial charge in [-0.1, -0.05) is 6.92 Å². The molecule has 5 heteroatoms. The van der Waals surface area contributed by atoms with Gasteiger partial charge in [-0.3, -0.25) is 0 Å². The highest BCUT2D eigenvalue weighted by molar-refractivity contribution is 5.84. The smallest absolute Gasteiger partial charge is 0.356 e. The first-order valence-corrected chi connectivity index (χ1v) is 4.97. The standard InChI is InChI=1S/C10H13N3O2/c1-7-2-3-13(6-7)9-5-11-8(4-12-9)10(14)15/h4-5,7H,2-3,6H2,1H3,(H,14,15). The molecular weight excluding hydrogens is 194 g/mol. The molecule has 1 atom stereocenters. The van der Waals surface area contributed by atoms with Crippen LogP contribution < -0.4 is 4.90 Å². The minimum atomic E-state index is -1.04. The van der Waals surface area contributed by atoms with Crippen molar-refractivity contribution in [2.45, 2.75) is 13.3 Å². The SMILES string of the molecule is CC1CCN(c2cnc(C(=O)O)cn2)C1. The van der Waals surface area contributed by atoms with Crippen LogP contribution in [0.3, 0.4) is 0 Å². The summed E-state index contributed by atoms with van der Waals surface area (Å²) < 4.78 is 0. The maximum Gasteiger partial charge on any atom is 0.356 e. The lowest BCUT2D eigenvalue weighted by molar-refractivity contribution is 0.0690. The molecule has 5 nitrogen and oxygen atoms in total. The Bertz CT molecular complexity index is 363. The molecule has 80 valence electrons. The molecule has 0 radical (unpaired) electrons. The molecule has 0 spiro atoms. The Labute approximate surface area is 87.8 Å². The van der Waals surface area contributed by atoms with E-state index in [4.69, 9.17) is 5.11 Å². The summed E-state index contributed by atoms with van der Waals surface area (Å²) in [6.45, 7) is 4.14. The molecule has 0 aliphatic carbocycles. The Kier molecular flexibility index (Phi) is 2.53. The van der Waals surface area contributed by atoms with E-state index in [-0.39, 0.29) is 5.69 Å². The molecule has 2 heterocycles. The molecule has 1 aromatic heterocycles. The van der Waals surface area contributed by atoms with Crippen LogP contribution in [-0.2, 0) is 0 Å². The van der Waals surface area contributed by atoms with Crippen molar-refractivity contribution in [2.75, 3.05) is 18.0 Å². The van der Waals surface area contributed by atoms with E-state index in [1.54, 1.807) is 0 Å². The van der Waals surface area contributed by atoms with Crippen molar-refractivity contribution in [3.63, 3.8) is 0 Å². The molecule has 0 bridgehead atoms. The first kappa shape index (κ1) is 9.89. The number of aromatic carboxylic acids is 1. The second kappa shape index (κ2) is 3.84. The highest BCUT2D eigenvalue weighted by Gasteiger charge is 2.20. The zero-order valence-corrected chi connectivity index (χ0v) is 8.55. The van der Waals surface area contributed by atoms with Crippen molar-refractivity contribution < 1.29 is 9.90 Å². The van der Waals surface area contributed by atoms with Gasteiger partial charge in [-0.05, 0) is 12.3 Å². The summed E-state index contributed by atoms with van der Waals surface area (Å²) >= 11 is 0. The topological polar surface area (TPSA) is 66.3 Å². The minimum Gasteiger partial charge on any atom is -0.476 e. The summed E-state index contributed by atoms with van der Waals surface area (Å²) in [4.78, 5) is 20.6. The van der Waals surface area contributed by atoms with E-state index < -0.39 is 5.97 Å². The molecule has 1 N–H and O–H groups in total. The Morgan fingerprint density at radius 3 is 2.80 bits per heavy atom. The van der Waals surface area contributed by atoms with Crippen molar-refractivity contribution in [1.82, 2.24) is 9.97 Å². The summed E-state index contributed by atoms with van der Waals surface area (Å²) in [6, 6.07) is 0. The fraction of sp³-hybridized carbons (Fsp3) is 0.500. The van der Waals surface area contributed by atoms with Crippen LogP contribution in [0.4, 0.5) is 5.82 Å². The average molecular weight is 207 g/mol. The second-order valence-corrected chi connectivity index (χ2v) is 3.90. The average Bonchev–Trinajstić information content (AvgIpc) is 2.65. The molecule has 1 aliphatic heterocycles. The molecule has 1 aromatic rings. The van der Waals surface area contributed by atoms with Crippen LogP contribution in [0, 0.1) is 5.92 Å². The molecule has 1 unspecified atom stereocenters. The van der Waals surface area contributed by atoms with E-state index in [1.807, 2.05) is 0 Å². The zero-order chi connectivity index (χ0) is 10.8. The molecule has 1 fully saturated rings. The van der Waals surface area contributed by atoms with Gasteiger partial charge in [0.25, 0.3) is 0 Å². The fourth-order valence-electron chi connectivity index (χ4n) is 1.74. The van der Waals surface area contributed by atoms with Crippen molar-refractivity contribution in [3.8, 4) is 0 Å². The lowest BCUT2D eigenvalue weighted by atomic mass is 10.2. The third-order valence-corrected chi connectivity index (χ3v) is 2.61. The largest absolute Gasteiger partial charge is 0.476 e. The molecule has 0 saturated carbocycles. The maximum atomic E-state index is 10.6. The third-order valence-electron chi connectivity index (χ3n) is 2.61. The normalized spacial score (nSPS) is 20.6. The van der Waals surface area contributed by atoms with E-state index >= 15 is 0 Å². The van der Waals surface area contributed by atoms with Crippen molar-refractivity contribution in [2.24, 2.45) is 5.92 Å². The van der Waals surface area contributed by atoms with Crippen LogP contribution >= 0.6 is 0 Å². The number of hydrogen-bond donors (Lipinski definition) is 1. The van der Waals surface area contributed by atoms with Crippen molar-refractivity contribution in [3.05, 3.63) is 18.1 Å². The fourth-order valence-corrected chi connectivity index (χ4v) is 1.74. The first-order chi connectivity index (χ1) is 7.16. The molecule has 1 saturated heterocycles. The van der Waals surface area contributed by atoms with Gasteiger partial charge in [-0.2, -0.15) is 0 Å². The number of carboxylic acids is 1. The number of rotatable bonds is 2. The van der Waals surface area contributed by atoms with Gasteiger partial charge >= 0.3 is 5.97 Å². The predicted octanol–water partition coefficient (Wildman–Crippen LogP) is 1.02. The number of hydrogen-bond acceptors (Lipinski definition) is 4. The Morgan fingerprint density at radius 1 is 1.53 bits per heavy atom. The van der Waals surface area contributed by atoms with E-state index in [9.17, 15) is 4.79 Å². The van der Waals surface area contributed by atoms with Gasteiger partial charge in [0.2, 0.25) is 0 Å². The molecule has 1 aliphatic rings.